The lowest BCUT2D eigenvalue weighted by Gasteiger charge is -2.42. The fourth-order valence-electron chi connectivity index (χ4n) is 6.38. The summed E-state index contributed by atoms with van der Waals surface area (Å²) in [5.41, 5.74) is 5.09. The van der Waals surface area contributed by atoms with E-state index in [4.69, 9.17) is 0 Å². The minimum absolute atomic E-state index is 0.000332. The van der Waals surface area contributed by atoms with Crippen molar-refractivity contribution in [3.63, 3.8) is 0 Å². The van der Waals surface area contributed by atoms with Gasteiger partial charge in [-0.2, -0.15) is 5.10 Å². The van der Waals surface area contributed by atoms with Crippen LogP contribution < -0.4 is 10.6 Å². The fourth-order valence-corrected chi connectivity index (χ4v) is 6.38. The average molecular weight is 546 g/mol. The number of aliphatic hydroxyl groups is 1. The highest BCUT2D eigenvalue weighted by molar-refractivity contribution is 5.92. The molecule has 0 radical (unpaired) electrons. The molecule has 1 fully saturated rings. The molecule has 4 heterocycles. The summed E-state index contributed by atoms with van der Waals surface area (Å²) in [6.07, 6.45) is 2.88. The molecule has 10 nitrogen and oxygen atoms in total. The topological polar surface area (TPSA) is 117 Å². The van der Waals surface area contributed by atoms with Gasteiger partial charge in [0.2, 0.25) is 5.91 Å². The Labute approximate surface area is 234 Å². The molecule has 1 saturated heterocycles. The number of hydrogen-bond acceptors (Lipinski definition) is 6. The first-order valence-electron chi connectivity index (χ1n) is 14.2. The first-order chi connectivity index (χ1) is 19.2. The molecule has 40 heavy (non-hydrogen) atoms. The summed E-state index contributed by atoms with van der Waals surface area (Å²) in [6.45, 7) is 9.37. The van der Waals surface area contributed by atoms with Gasteiger partial charge in [-0.3, -0.25) is 20.1 Å². The normalized spacial score (nSPS) is 21.6. The number of likely N-dealkylation sites (tertiary alicyclic amines) is 1. The molecule has 3 amide bonds. The molecule has 10 heteroatoms. The first kappa shape index (κ1) is 26.7. The molecule has 3 aliphatic heterocycles. The van der Waals surface area contributed by atoms with Crippen molar-refractivity contribution in [1.82, 2.24) is 30.2 Å². The molecule has 2 atom stereocenters. The second kappa shape index (κ2) is 10.5. The molecule has 1 aromatic heterocycles. The molecule has 3 aliphatic rings. The number of aromatic amines is 1. The number of piperidine rings is 1. The number of carbonyl (C=O) groups is 2. The summed E-state index contributed by atoms with van der Waals surface area (Å²) in [6, 6.07) is 11.5. The van der Waals surface area contributed by atoms with Crippen LogP contribution in [0.4, 0.5) is 10.5 Å². The van der Waals surface area contributed by atoms with Crippen molar-refractivity contribution in [1.29, 1.82) is 0 Å². The van der Waals surface area contributed by atoms with Gasteiger partial charge >= 0.3 is 6.03 Å². The van der Waals surface area contributed by atoms with Crippen LogP contribution in [-0.2, 0) is 24.3 Å². The van der Waals surface area contributed by atoms with Gasteiger partial charge in [-0.25, -0.2) is 4.79 Å². The summed E-state index contributed by atoms with van der Waals surface area (Å²) < 4.78 is 0. The zero-order valence-corrected chi connectivity index (χ0v) is 23.5. The fraction of sp³-hybridized carbons (Fsp3) is 0.500. The molecule has 0 bridgehead atoms. The predicted molar refractivity (Wildman–Crippen MR) is 153 cm³/mol. The number of para-hydroxylation sites is 1. The number of benzene rings is 2. The molecule has 0 spiro atoms. The number of rotatable bonds is 5. The summed E-state index contributed by atoms with van der Waals surface area (Å²) in [7, 11) is 0. The van der Waals surface area contributed by atoms with E-state index in [2.05, 4.69) is 47.7 Å². The largest absolute Gasteiger partial charge is 0.365 e. The number of H-pyrrole nitrogens is 1. The van der Waals surface area contributed by atoms with Gasteiger partial charge in [0, 0.05) is 49.8 Å². The van der Waals surface area contributed by atoms with Crippen molar-refractivity contribution in [2.75, 3.05) is 25.0 Å². The summed E-state index contributed by atoms with van der Waals surface area (Å²) in [4.78, 5) is 32.4. The van der Waals surface area contributed by atoms with E-state index in [9.17, 15) is 14.7 Å². The second-order valence-electron chi connectivity index (χ2n) is 12.6. The van der Waals surface area contributed by atoms with Gasteiger partial charge in [-0.15, -0.1) is 0 Å². The van der Waals surface area contributed by atoms with Crippen LogP contribution in [0.2, 0.25) is 0 Å². The van der Waals surface area contributed by atoms with E-state index < -0.39 is 12.4 Å². The summed E-state index contributed by atoms with van der Waals surface area (Å²) in [5, 5.41) is 25.8. The van der Waals surface area contributed by atoms with Gasteiger partial charge in [0.05, 0.1) is 17.8 Å². The van der Waals surface area contributed by atoms with Gasteiger partial charge in [-0.05, 0) is 53.5 Å². The van der Waals surface area contributed by atoms with Crippen LogP contribution in [0.5, 0.6) is 0 Å². The number of urea groups is 1. The van der Waals surface area contributed by atoms with Crippen LogP contribution >= 0.6 is 0 Å². The zero-order chi connectivity index (χ0) is 28.0. The molecular formula is C30H39N7O3. The number of fused-ring (bicyclic) bond motifs is 4. The average Bonchev–Trinajstić information content (AvgIpc) is 3.37. The highest BCUT2D eigenvalue weighted by Crippen LogP contribution is 2.30. The number of nitrogens with one attached hydrogen (secondary N) is 3. The Hall–Kier alpha value is -3.47. The predicted octanol–water partition coefficient (Wildman–Crippen LogP) is 3.24. The summed E-state index contributed by atoms with van der Waals surface area (Å²) in [5.74, 6) is 0.000332. The standard InChI is InChI=1S/C30H39N7O3/c1-30(2,3)18-36-17-23-19(8-9-25-22(23)15-31-34-25)14-26(27(36)38)33-28(39)35-12-10-21(11-13-35)37-16-20-6-4-5-7-24(20)32-29(37)40/h4-9,15,21,26,28,33,39H,10-14,16-18H2,1-3H3,(H,31,34)(H,32,40). The SMILES string of the molecule is CC(C)(C)CN1Cc2c(ccc3[nH]ncc23)CC(NC(O)N2CCC(N3Cc4ccccc4NC3=O)CC2)C1=O. The first-order valence-corrected chi connectivity index (χ1v) is 14.2. The Morgan fingerprint density at radius 1 is 1.07 bits per heavy atom. The van der Waals surface area contributed by atoms with Crippen molar-refractivity contribution >= 4 is 28.5 Å². The number of aromatic nitrogens is 2. The van der Waals surface area contributed by atoms with Crippen LogP contribution in [0, 0.1) is 5.41 Å². The van der Waals surface area contributed by atoms with Crippen molar-refractivity contribution < 1.29 is 14.7 Å². The maximum absolute atomic E-state index is 13.8. The Morgan fingerprint density at radius 2 is 1.85 bits per heavy atom. The second-order valence-corrected chi connectivity index (χ2v) is 12.6. The van der Waals surface area contributed by atoms with Crippen LogP contribution in [0.15, 0.2) is 42.6 Å². The maximum atomic E-state index is 13.8. The third kappa shape index (κ3) is 5.31. The molecule has 6 rings (SSSR count). The lowest BCUT2D eigenvalue weighted by molar-refractivity contribution is -0.138. The highest BCUT2D eigenvalue weighted by atomic mass is 16.3. The molecule has 212 valence electrons. The third-order valence-electron chi connectivity index (χ3n) is 8.38. The van der Waals surface area contributed by atoms with Crippen molar-refractivity contribution in [3.8, 4) is 0 Å². The van der Waals surface area contributed by atoms with Crippen molar-refractivity contribution in [2.45, 2.75) is 71.6 Å². The molecule has 0 aliphatic carbocycles. The lowest BCUT2D eigenvalue weighted by Crippen LogP contribution is -2.58. The van der Waals surface area contributed by atoms with E-state index in [0.717, 1.165) is 46.1 Å². The van der Waals surface area contributed by atoms with Gasteiger partial charge in [0.1, 0.15) is 0 Å². The van der Waals surface area contributed by atoms with Crippen LogP contribution in [0.1, 0.15) is 50.3 Å². The lowest BCUT2D eigenvalue weighted by atomic mass is 9.95. The molecular weight excluding hydrogens is 506 g/mol. The van der Waals surface area contributed by atoms with E-state index in [-0.39, 0.29) is 23.4 Å². The Bertz CT molecular complexity index is 1410. The molecule has 2 aromatic carbocycles. The summed E-state index contributed by atoms with van der Waals surface area (Å²) >= 11 is 0. The number of carbonyl (C=O) groups excluding carboxylic acids is 2. The van der Waals surface area contributed by atoms with Gasteiger partial charge < -0.3 is 20.2 Å². The van der Waals surface area contributed by atoms with E-state index in [0.29, 0.717) is 39.1 Å². The van der Waals surface area contributed by atoms with Crippen LogP contribution in [0.3, 0.4) is 0 Å². The van der Waals surface area contributed by atoms with Crippen molar-refractivity contribution in [2.24, 2.45) is 5.41 Å². The van der Waals surface area contributed by atoms with Gasteiger partial charge in [0.15, 0.2) is 6.35 Å². The van der Waals surface area contributed by atoms with Gasteiger partial charge in [0.25, 0.3) is 0 Å². The molecule has 2 unspecified atom stereocenters. The van der Waals surface area contributed by atoms with Crippen LogP contribution in [-0.4, -0.2) is 80.0 Å². The van der Waals surface area contributed by atoms with E-state index in [1.165, 1.54) is 0 Å². The minimum atomic E-state index is -0.957. The monoisotopic (exact) mass is 545 g/mol. The van der Waals surface area contributed by atoms with E-state index in [1.54, 1.807) is 0 Å². The van der Waals surface area contributed by atoms with E-state index in [1.807, 2.05) is 51.2 Å². The number of aliphatic hydroxyl groups excluding tert-OH is 1. The Morgan fingerprint density at radius 3 is 2.62 bits per heavy atom. The number of hydrogen-bond donors (Lipinski definition) is 4. The Balaban J connectivity index is 1.14. The smallest absolute Gasteiger partial charge is 0.322 e. The zero-order valence-electron chi connectivity index (χ0n) is 23.5. The van der Waals surface area contributed by atoms with Gasteiger partial charge in [-0.1, -0.05) is 45.0 Å². The molecule has 3 aromatic rings. The maximum Gasteiger partial charge on any atom is 0.322 e. The third-order valence-corrected chi connectivity index (χ3v) is 8.38. The quantitative estimate of drug-likeness (QED) is 0.366. The molecule has 4 N–H and O–H groups in total. The number of nitrogens with zero attached hydrogens (tertiary/aromatic N) is 4. The Kier molecular flexibility index (Phi) is 7.02. The van der Waals surface area contributed by atoms with E-state index >= 15 is 0 Å². The minimum Gasteiger partial charge on any atom is -0.365 e. The molecule has 0 saturated carbocycles. The highest BCUT2D eigenvalue weighted by Gasteiger charge is 2.37. The number of anilines is 1. The van der Waals surface area contributed by atoms with Crippen LogP contribution in [0.25, 0.3) is 10.9 Å². The number of amides is 3. The van der Waals surface area contributed by atoms with Crippen molar-refractivity contribution in [3.05, 3.63) is 59.3 Å².